The number of nitrogens with zero attached hydrogens (tertiary/aromatic N) is 2. The molecule has 0 saturated carbocycles. The summed E-state index contributed by atoms with van der Waals surface area (Å²) in [4.78, 5) is 27.6. The molecule has 1 rings (SSSR count). The number of rotatable bonds is 5. The van der Waals surface area contributed by atoms with Gasteiger partial charge < -0.3 is 10.6 Å². The van der Waals surface area contributed by atoms with Crippen molar-refractivity contribution in [2.24, 2.45) is 5.73 Å². The summed E-state index contributed by atoms with van der Waals surface area (Å²) in [5.74, 6) is -0.613. The molecular formula is C11H14N3O2. The zero-order chi connectivity index (χ0) is 12.0. The second-order valence-corrected chi connectivity index (χ2v) is 3.38. The lowest BCUT2D eigenvalue weighted by Gasteiger charge is -2.15. The van der Waals surface area contributed by atoms with Crippen LogP contribution in [-0.2, 0) is 9.59 Å². The van der Waals surface area contributed by atoms with Crippen molar-refractivity contribution in [3.63, 3.8) is 0 Å². The number of nitrogens with two attached hydrogens (primary N) is 1. The molecule has 16 heavy (non-hydrogen) atoms. The van der Waals surface area contributed by atoms with Crippen molar-refractivity contribution in [2.75, 3.05) is 13.6 Å². The molecule has 0 saturated heterocycles. The largest absolute Gasteiger partial charge is 0.370 e. The maximum absolute atomic E-state index is 11.6. The van der Waals surface area contributed by atoms with Crippen molar-refractivity contribution >= 4 is 11.8 Å². The molecule has 1 radical (unpaired) electrons. The molecule has 1 aromatic heterocycles. The predicted molar refractivity (Wildman–Crippen MR) is 59.1 cm³/mol. The Morgan fingerprint density at radius 2 is 2.25 bits per heavy atom. The first-order valence-electron chi connectivity index (χ1n) is 4.89. The van der Waals surface area contributed by atoms with E-state index in [1.165, 1.54) is 11.3 Å². The second-order valence-electron chi connectivity index (χ2n) is 3.38. The first kappa shape index (κ1) is 12.2. The quantitative estimate of drug-likeness (QED) is 0.757. The Kier molecular flexibility index (Phi) is 4.44. The fourth-order valence-corrected chi connectivity index (χ4v) is 1.09. The molecule has 1 heterocycles. The molecule has 2 N–H and O–H groups in total. The molecule has 0 aliphatic rings. The van der Waals surface area contributed by atoms with Gasteiger partial charge in [-0.05, 0) is 12.1 Å². The molecule has 0 aromatic carbocycles. The molecule has 0 fully saturated rings. The Morgan fingerprint density at radius 3 is 2.81 bits per heavy atom. The van der Waals surface area contributed by atoms with Crippen LogP contribution in [0.5, 0.6) is 0 Å². The van der Waals surface area contributed by atoms with Crippen molar-refractivity contribution < 1.29 is 9.59 Å². The number of hydrogen-bond acceptors (Lipinski definition) is 3. The number of pyridine rings is 1. The molecule has 0 aliphatic carbocycles. The zero-order valence-corrected chi connectivity index (χ0v) is 9.09. The molecule has 5 nitrogen and oxygen atoms in total. The van der Waals surface area contributed by atoms with Gasteiger partial charge in [0, 0.05) is 26.2 Å². The predicted octanol–water partition coefficient (Wildman–Crippen LogP) is -0.0322. The molecule has 0 spiro atoms. The number of hydrogen-bond donors (Lipinski definition) is 1. The number of carbonyl (C=O) groups excluding carboxylic acids is 2. The third-order valence-electron chi connectivity index (χ3n) is 2.03. The lowest BCUT2D eigenvalue weighted by molar-refractivity contribution is -0.126. The standard InChI is InChI=1S/C11H14N3O2/c1-14(7-5-10(12)15)11(16)8-9-4-2-3-6-13-9/h2-4,6,8H,5,7H2,1H3,(H2,12,15). The van der Waals surface area contributed by atoms with E-state index in [0.29, 0.717) is 12.2 Å². The van der Waals surface area contributed by atoms with E-state index in [4.69, 9.17) is 5.73 Å². The van der Waals surface area contributed by atoms with Crippen LogP contribution >= 0.6 is 0 Å². The van der Waals surface area contributed by atoms with E-state index in [-0.39, 0.29) is 12.3 Å². The summed E-state index contributed by atoms with van der Waals surface area (Å²) >= 11 is 0. The van der Waals surface area contributed by atoms with Crippen molar-refractivity contribution in [1.82, 2.24) is 9.88 Å². The molecule has 0 bridgehead atoms. The summed E-state index contributed by atoms with van der Waals surface area (Å²) in [6.07, 6.45) is 3.20. The van der Waals surface area contributed by atoms with Crippen molar-refractivity contribution in [3.05, 3.63) is 36.5 Å². The molecule has 85 valence electrons. The number of carbonyl (C=O) groups is 2. The fraction of sp³-hybridized carbons (Fsp3) is 0.273. The second kappa shape index (κ2) is 5.85. The molecule has 5 heteroatoms. The lowest BCUT2D eigenvalue weighted by atomic mass is 10.2. The van der Waals surface area contributed by atoms with Crippen LogP contribution in [0.1, 0.15) is 12.1 Å². The average molecular weight is 220 g/mol. The Bertz CT molecular complexity index is 365. The first-order valence-corrected chi connectivity index (χ1v) is 4.89. The topological polar surface area (TPSA) is 76.3 Å². The summed E-state index contributed by atoms with van der Waals surface area (Å²) in [6, 6.07) is 5.31. The summed E-state index contributed by atoms with van der Waals surface area (Å²) in [6.45, 7) is 0.317. The van der Waals surface area contributed by atoms with Crippen molar-refractivity contribution in [3.8, 4) is 0 Å². The van der Waals surface area contributed by atoms with Gasteiger partial charge in [0.05, 0.1) is 12.1 Å². The van der Waals surface area contributed by atoms with Gasteiger partial charge in [-0.25, -0.2) is 0 Å². The van der Waals surface area contributed by atoms with E-state index >= 15 is 0 Å². The number of aromatic nitrogens is 1. The van der Waals surface area contributed by atoms with Crippen LogP contribution in [0.15, 0.2) is 24.4 Å². The van der Waals surface area contributed by atoms with Gasteiger partial charge in [-0.1, -0.05) is 6.07 Å². The van der Waals surface area contributed by atoms with Gasteiger partial charge in [-0.3, -0.25) is 14.6 Å². The lowest BCUT2D eigenvalue weighted by Crippen LogP contribution is -2.30. The van der Waals surface area contributed by atoms with E-state index in [9.17, 15) is 9.59 Å². The highest BCUT2D eigenvalue weighted by Gasteiger charge is 2.11. The van der Waals surface area contributed by atoms with Crippen LogP contribution in [0, 0.1) is 6.42 Å². The van der Waals surface area contributed by atoms with Crippen LogP contribution in [0.3, 0.4) is 0 Å². The Hall–Kier alpha value is -1.91. The number of primary amides is 1. The Balaban J connectivity index is 2.43. The van der Waals surface area contributed by atoms with Crippen LogP contribution in [0.25, 0.3) is 0 Å². The molecule has 1 aromatic rings. The van der Waals surface area contributed by atoms with Gasteiger partial charge in [-0.15, -0.1) is 0 Å². The minimum atomic E-state index is -0.419. The summed E-state index contributed by atoms with van der Waals surface area (Å²) in [5.41, 5.74) is 5.59. The zero-order valence-electron chi connectivity index (χ0n) is 9.09. The van der Waals surface area contributed by atoms with Crippen LogP contribution in [0.4, 0.5) is 0 Å². The van der Waals surface area contributed by atoms with E-state index < -0.39 is 5.91 Å². The highest BCUT2D eigenvalue weighted by Crippen LogP contribution is 2.01. The van der Waals surface area contributed by atoms with Crippen LogP contribution < -0.4 is 5.73 Å². The Morgan fingerprint density at radius 1 is 1.50 bits per heavy atom. The minimum Gasteiger partial charge on any atom is -0.370 e. The molecule has 2 amide bonds. The monoisotopic (exact) mass is 220 g/mol. The number of likely N-dealkylation sites (N-methyl/N-ethyl adjacent to an activating group) is 1. The third-order valence-corrected chi connectivity index (χ3v) is 2.03. The van der Waals surface area contributed by atoms with E-state index in [1.807, 2.05) is 0 Å². The minimum absolute atomic E-state index is 0.165. The highest BCUT2D eigenvalue weighted by atomic mass is 16.2. The SMILES string of the molecule is CN(CCC(N)=O)C(=O)[CH]c1ccccn1. The first-order chi connectivity index (χ1) is 7.59. The number of amides is 2. The molecule has 0 atom stereocenters. The van der Waals surface area contributed by atoms with Gasteiger partial charge in [0.25, 0.3) is 0 Å². The summed E-state index contributed by atoms with van der Waals surface area (Å²) in [5, 5.41) is 0. The van der Waals surface area contributed by atoms with Gasteiger partial charge >= 0.3 is 0 Å². The fourth-order valence-electron chi connectivity index (χ4n) is 1.09. The van der Waals surface area contributed by atoms with E-state index in [1.54, 1.807) is 31.4 Å². The molecule has 0 unspecified atom stereocenters. The van der Waals surface area contributed by atoms with Gasteiger partial charge in [-0.2, -0.15) is 0 Å². The van der Waals surface area contributed by atoms with Crippen LogP contribution in [-0.4, -0.2) is 35.3 Å². The Labute approximate surface area is 94.3 Å². The average Bonchev–Trinajstić information content (AvgIpc) is 2.27. The summed E-state index contributed by atoms with van der Waals surface area (Å²) < 4.78 is 0. The van der Waals surface area contributed by atoms with Gasteiger partial charge in [0.1, 0.15) is 0 Å². The van der Waals surface area contributed by atoms with Crippen molar-refractivity contribution in [2.45, 2.75) is 6.42 Å². The van der Waals surface area contributed by atoms with Crippen LogP contribution in [0.2, 0.25) is 0 Å². The van der Waals surface area contributed by atoms with Gasteiger partial charge in [0.2, 0.25) is 11.8 Å². The highest BCUT2D eigenvalue weighted by molar-refractivity contribution is 5.88. The summed E-state index contributed by atoms with van der Waals surface area (Å²) in [7, 11) is 1.62. The van der Waals surface area contributed by atoms with Gasteiger partial charge in [0.15, 0.2) is 0 Å². The molecule has 0 aliphatic heterocycles. The van der Waals surface area contributed by atoms with E-state index in [2.05, 4.69) is 4.98 Å². The maximum Gasteiger partial charge on any atom is 0.232 e. The van der Waals surface area contributed by atoms with E-state index in [0.717, 1.165) is 0 Å². The third kappa shape index (κ3) is 4.08. The maximum atomic E-state index is 11.6. The normalized spacial score (nSPS) is 9.81. The van der Waals surface area contributed by atoms with Crippen molar-refractivity contribution in [1.29, 1.82) is 0 Å². The molecular weight excluding hydrogens is 206 g/mol. The smallest absolute Gasteiger partial charge is 0.232 e.